The van der Waals surface area contributed by atoms with E-state index in [0.717, 1.165) is 16.9 Å². The zero-order valence-electron chi connectivity index (χ0n) is 11.9. The maximum absolute atomic E-state index is 11.5. The molecule has 0 aromatic heterocycles. The smallest absolute Gasteiger partial charge is 0.251 e. The van der Waals surface area contributed by atoms with Gasteiger partial charge in [-0.3, -0.25) is 4.79 Å². The lowest BCUT2D eigenvalue weighted by Gasteiger charge is -2.13. The van der Waals surface area contributed by atoms with Gasteiger partial charge >= 0.3 is 0 Å². The van der Waals surface area contributed by atoms with Crippen molar-refractivity contribution in [2.75, 3.05) is 12.8 Å². The Labute approximate surface area is 118 Å². The van der Waals surface area contributed by atoms with Crippen molar-refractivity contribution in [3.05, 3.63) is 53.1 Å². The molecule has 2 aromatic carbocycles. The summed E-state index contributed by atoms with van der Waals surface area (Å²) in [5.41, 5.74) is 9.12. The zero-order chi connectivity index (χ0) is 14.7. The van der Waals surface area contributed by atoms with Crippen LogP contribution in [0.25, 0.3) is 0 Å². The van der Waals surface area contributed by atoms with E-state index in [4.69, 9.17) is 10.5 Å². The summed E-state index contributed by atoms with van der Waals surface area (Å²) < 4.78 is 5.83. The van der Waals surface area contributed by atoms with Gasteiger partial charge in [-0.15, -0.1) is 0 Å². The van der Waals surface area contributed by atoms with Crippen molar-refractivity contribution in [3.8, 4) is 11.5 Å². The van der Waals surface area contributed by atoms with Crippen LogP contribution in [0.3, 0.4) is 0 Å². The van der Waals surface area contributed by atoms with Gasteiger partial charge in [0.2, 0.25) is 0 Å². The third-order valence-corrected chi connectivity index (χ3v) is 3.27. The van der Waals surface area contributed by atoms with Gasteiger partial charge in [-0.05, 0) is 49.2 Å². The van der Waals surface area contributed by atoms with Gasteiger partial charge in [-0.25, -0.2) is 0 Å². The number of rotatable bonds is 3. The molecule has 20 heavy (non-hydrogen) atoms. The number of aryl methyl sites for hydroxylation is 1. The first-order chi connectivity index (χ1) is 9.52. The van der Waals surface area contributed by atoms with Crippen LogP contribution in [-0.4, -0.2) is 13.0 Å². The molecule has 1 amide bonds. The first kappa shape index (κ1) is 13.9. The molecule has 4 heteroatoms. The molecule has 104 valence electrons. The lowest BCUT2D eigenvalue weighted by Crippen LogP contribution is -2.17. The molecular weight excluding hydrogens is 252 g/mol. The fourth-order valence-electron chi connectivity index (χ4n) is 1.88. The van der Waals surface area contributed by atoms with E-state index in [-0.39, 0.29) is 5.91 Å². The van der Waals surface area contributed by atoms with Crippen LogP contribution in [0, 0.1) is 13.8 Å². The molecule has 0 fully saturated rings. The van der Waals surface area contributed by atoms with Crippen molar-refractivity contribution in [2.24, 2.45) is 0 Å². The Kier molecular flexibility index (Phi) is 3.94. The summed E-state index contributed by atoms with van der Waals surface area (Å²) in [6.45, 7) is 4.03. The summed E-state index contributed by atoms with van der Waals surface area (Å²) >= 11 is 0. The minimum atomic E-state index is -0.171. The minimum Gasteiger partial charge on any atom is -0.455 e. The Morgan fingerprint density at radius 3 is 2.55 bits per heavy atom. The van der Waals surface area contributed by atoms with E-state index in [2.05, 4.69) is 5.32 Å². The number of nitrogens with two attached hydrogens (primary N) is 1. The number of nitrogens with one attached hydrogen (secondary N) is 1. The van der Waals surface area contributed by atoms with E-state index >= 15 is 0 Å². The predicted octanol–water partition coefficient (Wildman–Crippen LogP) is 3.04. The highest BCUT2D eigenvalue weighted by molar-refractivity contribution is 5.95. The molecule has 0 aliphatic rings. The maximum Gasteiger partial charge on any atom is 0.251 e. The number of ether oxygens (including phenoxy) is 1. The Morgan fingerprint density at radius 1 is 1.15 bits per heavy atom. The molecule has 2 rings (SSSR count). The summed E-state index contributed by atoms with van der Waals surface area (Å²) in [6, 6.07) is 10.9. The largest absolute Gasteiger partial charge is 0.455 e. The number of anilines is 1. The van der Waals surface area contributed by atoms with Crippen LogP contribution in [0.4, 0.5) is 5.69 Å². The Morgan fingerprint density at radius 2 is 1.90 bits per heavy atom. The van der Waals surface area contributed by atoms with E-state index in [9.17, 15) is 4.79 Å². The number of nitrogen functional groups attached to an aromatic ring is 1. The Balaban J connectivity index is 2.30. The SMILES string of the molecule is CNC(=O)c1ccc(Oc2cccc(C)c2C)c(N)c1. The van der Waals surface area contributed by atoms with Crippen molar-refractivity contribution in [3.63, 3.8) is 0 Å². The molecule has 0 spiro atoms. The van der Waals surface area contributed by atoms with Crippen LogP contribution in [-0.2, 0) is 0 Å². The van der Waals surface area contributed by atoms with Crippen LogP contribution in [0.15, 0.2) is 36.4 Å². The third-order valence-electron chi connectivity index (χ3n) is 3.27. The second-order valence-corrected chi connectivity index (χ2v) is 4.63. The number of carbonyl (C=O) groups is 1. The normalized spacial score (nSPS) is 10.2. The van der Waals surface area contributed by atoms with Gasteiger partial charge in [-0.1, -0.05) is 12.1 Å². The molecular formula is C16H18N2O2. The minimum absolute atomic E-state index is 0.171. The molecule has 0 heterocycles. The maximum atomic E-state index is 11.5. The zero-order valence-corrected chi connectivity index (χ0v) is 11.9. The highest BCUT2D eigenvalue weighted by atomic mass is 16.5. The lowest BCUT2D eigenvalue weighted by molar-refractivity contribution is 0.0963. The fourth-order valence-corrected chi connectivity index (χ4v) is 1.88. The molecule has 0 radical (unpaired) electrons. The monoisotopic (exact) mass is 270 g/mol. The topological polar surface area (TPSA) is 64.3 Å². The van der Waals surface area contributed by atoms with E-state index in [1.54, 1.807) is 25.2 Å². The van der Waals surface area contributed by atoms with Crippen molar-refractivity contribution in [2.45, 2.75) is 13.8 Å². The van der Waals surface area contributed by atoms with Crippen LogP contribution >= 0.6 is 0 Å². The number of hydrogen-bond acceptors (Lipinski definition) is 3. The predicted molar refractivity (Wildman–Crippen MR) is 80.2 cm³/mol. The van der Waals surface area contributed by atoms with Gasteiger partial charge in [0.25, 0.3) is 5.91 Å². The van der Waals surface area contributed by atoms with Gasteiger partial charge in [-0.2, -0.15) is 0 Å². The Bertz CT molecular complexity index is 651. The fraction of sp³-hybridized carbons (Fsp3) is 0.188. The molecule has 0 aliphatic heterocycles. The second-order valence-electron chi connectivity index (χ2n) is 4.63. The van der Waals surface area contributed by atoms with E-state index < -0.39 is 0 Å². The van der Waals surface area contributed by atoms with Crippen molar-refractivity contribution >= 4 is 11.6 Å². The Hall–Kier alpha value is -2.49. The molecule has 0 aliphatic carbocycles. The average Bonchev–Trinajstić information content (AvgIpc) is 2.45. The number of hydrogen-bond donors (Lipinski definition) is 2. The first-order valence-electron chi connectivity index (χ1n) is 6.38. The quantitative estimate of drug-likeness (QED) is 0.842. The van der Waals surface area contributed by atoms with Crippen LogP contribution in [0.1, 0.15) is 21.5 Å². The second kappa shape index (κ2) is 5.65. The van der Waals surface area contributed by atoms with E-state index in [1.807, 2.05) is 32.0 Å². The summed E-state index contributed by atoms with van der Waals surface area (Å²) in [6.07, 6.45) is 0. The average molecular weight is 270 g/mol. The molecule has 0 saturated heterocycles. The molecule has 3 N–H and O–H groups in total. The summed E-state index contributed by atoms with van der Waals surface area (Å²) in [5, 5.41) is 2.56. The molecule has 0 bridgehead atoms. The third kappa shape index (κ3) is 2.74. The molecule has 2 aromatic rings. The van der Waals surface area contributed by atoms with Gasteiger partial charge in [0.05, 0.1) is 5.69 Å². The lowest BCUT2D eigenvalue weighted by atomic mass is 10.1. The molecule has 0 atom stereocenters. The number of carbonyl (C=O) groups excluding carboxylic acids is 1. The van der Waals surface area contributed by atoms with E-state index in [0.29, 0.717) is 17.0 Å². The van der Waals surface area contributed by atoms with Gasteiger partial charge in [0, 0.05) is 12.6 Å². The molecule has 4 nitrogen and oxygen atoms in total. The van der Waals surface area contributed by atoms with Crippen LogP contribution in [0.2, 0.25) is 0 Å². The highest BCUT2D eigenvalue weighted by Gasteiger charge is 2.09. The highest BCUT2D eigenvalue weighted by Crippen LogP contribution is 2.31. The first-order valence-corrected chi connectivity index (χ1v) is 6.38. The van der Waals surface area contributed by atoms with Crippen molar-refractivity contribution < 1.29 is 9.53 Å². The van der Waals surface area contributed by atoms with Gasteiger partial charge in [0.1, 0.15) is 11.5 Å². The summed E-state index contributed by atoms with van der Waals surface area (Å²) in [5.74, 6) is 1.14. The molecule has 0 saturated carbocycles. The van der Waals surface area contributed by atoms with Crippen LogP contribution in [0.5, 0.6) is 11.5 Å². The number of benzene rings is 2. The van der Waals surface area contributed by atoms with Crippen molar-refractivity contribution in [1.29, 1.82) is 0 Å². The van der Waals surface area contributed by atoms with Gasteiger partial charge < -0.3 is 15.8 Å². The van der Waals surface area contributed by atoms with Crippen molar-refractivity contribution in [1.82, 2.24) is 5.32 Å². The molecule has 0 unspecified atom stereocenters. The van der Waals surface area contributed by atoms with Gasteiger partial charge in [0.15, 0.2) is 0 Å². The number of amides is 1. The van der Waals surface area contributed by atoms with E-state index in [1.165, 1.54) is 0 Å². The standard InChI is InChI=1S/C16H18N2O2/c1-10-5-4-6-14(11(10)2)20-15-8-7-12(9-13(15)17)16(19)18-3/h4-9H,17H2,1-3H3,(H,18,19). The summed E-state index contributed by atoms with van der Waals surface area (Å²) in [4.78, 5) is 11.5. The van der Waals surface area contributed by atoms with Crippen LogP contribution < -0.4 is 15.8 Å². The summed E-state index contributed by atoms with van der Waals surface area (Å²) in [7, 11) is 1.58.